The lowest BCUT2D eigenvalue weighted by Gasteiger charge is -2.25. The van der Waals surface area contributed by atoms with E-state index in [2.05, 4.69) is 4.72 Å². The molecule has 1 saturated heterocycles. The Labute approximate surface area is 160 Å². The van der Waals surface area contributed by atoms with Crippen molar-refractivity contribution in [1.29, 1.82) is 0 Å². The quantitative estimate of drug-likeness (QED) is 0.758. The molecule has 3 rings (SSSR count). The number of ether oxygens (including phenoxy) is 2. The standard InChI is InChI=1S/C19H24N2O5S/c1-13-8-15(11-21(2)19(13)22)17-9-14(10-20-27(23)24)5-6-18(17)26-16-4-3-7-25-12-16/h5-6,8-9,11,16,20H,3-4,7,10,12H2,1-2H3,(H,23,24)/p-1. The number of aryl methyl sites for hydroxylation is 2. The Kier molecular flexibility index (Phi) is 6.43. The van der Waals surface area contributed by atoms with Gasteiger partial charge in [0.2, 0.25) is 0 Å². The van der Waals surface area contributed by atoms with Crippen LogP contribution < -0.4 is 15.0 Å². The summed E-state index contributed by atoms with van der Waals surface area (Å²) in [6.45, 7) is 3.25. The number of benzene rings is 1. The molecule has 146 valence electrons. The van der Waals surface area contributed by atoms with Crippen molar-refractivity contribution >= 4 is 11.3 Å². The van der Waals surface area contributed by atoms with Gasteiger partial charge in [0.1, 0.15) is 11.9 Å². The summed E-state index contributed by atoms with van der Waals surface area (Å²) in [4.78, 5) is 12.0. The normalized spacial score (nSPS) is 18.3. The summed E-state index contributed by atoms with van der Waals surface area (Å²) in [5, 5.41) is 0. The first kappa shape index (κ1) is 19.8. The third-order valence-electron chi connectivity index (χ3n) is 4.52. The fraction of sp³-hybridized carbons (Fsp3) is 0.421. The fourth-order valence-electron chi connectivity index (χ4n) is 3.17. The molecule has 2 unspecified atom stereocenters. The van der Waals surface area contributed by atoms with Crippen LogP contribution >= 0.6 is 0 Å². The molecule has 0 bridgehead atoms. The topological polar surface area (TPSA) is 92.6 Å². The zero-order valence-electron chi connectivity index (χ0n) is 15.4. The molecular weight excluding hydrogens is 368 g/mol. The molecule has 7 nitrogen and oxygen atoms in total. The van der Waals surface area contributed by atoms with Gasteiger partial charge in [0.05, 0.1) is 6.61 Å². The molecule has 1 aliphatic rings. The summed E-state index contributed by atoms with van der Waals surface area (Å²) in [5.41, 5.74) is 3.03. The van der Waals surface area contributed by atoms with Crippen LogP contribution in [0.15, 0.2) is 35.3 Å². The van der Waals surface area contributed by atoms with E-state index < -0.39 is 11.3 Å². The van der Waals surface area contributed by atoms with E-state index in [4.69, 9.17) is 9.47 Å². The summed E-state index contributed by atoms with van der Waals surface area (Å²) in [5.74, 6) is 0.690. The van der Waals surface area contributed by atoms with Crippen LogP contribution in [0.5, 0.6) is 5.75 Å². The van der Waals surface area contributed by atoms with Crippen molar-refractivity contribution in [1.82, 2.24) is 9.29 Å². The minimum absolute atomic E-state index is 0.0238. The Balaban J connectivity index is 1.99. The number of hydrogen-bond donors (Lipinski definition) is 1. The molecule has 1 fully saturated rings. The maximum absolute atomic E-state index is 12.0. The molecule has 1 aliphatic heterocycles. The summed E-state index contributed by atoms with van der Waals surface area (Å²) >= 11 is -2.33. The zero-order valence-corrected chi connectivity index (χ0v) is 16.2. The van der Waals surface area contributed by atoms with Gasteiger partial charge in [-0.25, -0.2) is 4.72 Å². The lowest BCUT2D eigenvalue weighted by molar-refractivity contribution is 0.00767. The van der Waals surface area contributed by atoms with Crippen molar-refractivity contribution in [2.75, 3.05) is 13.2 Å². The minimum Gasteiger partial charge on any atom is -0.760 e. The Bertz CT molecular complexity index is 864. The molecule has 2 aromatic rings. The molecule has 1 aromatic carbocycles. The van der Waals surface area contributed by atoms with Gasteiger partial charge in [0.25, 0.3) is 5.56 Å². The van der Waals surface area contributed by atoms with Gasteiger partial charge in [0.15, 0.2) is 0 Å². The molecule has 0 saturated carbocycles. The maximum atomic E-state index is 12.0. The highest BCUT2D eigenvalue weighted by Crippen LogP contribution is 2.32. The summed E-state index contributed by atoms with van der Waals surface area (Å²) in [7, 11) is 1.71. The third kappa shape index (κ3) is 5.04. The van der Waals surface area contributed by atoms with Gasteiger partial charge in [-0.05, 0) is 43.5 Å². The fourth-order valence-corrected chi connectivity index (χ4v) is 3.45. The van der Waals surface area contributed by atoms with Gasteiger partial charge < -0.3 is 18.6 Å². The predicted molar refractivity (Wildman–Crippen MR) is 102 cm³/mol. The number of hydrogen-bond acceptors (Lipinski definition) is 5. The highest BCUT2D eigenvalue weighted by molar-refractivity contribution is 7.77. The van der Waals surface area contributed by atoms with Crippen molar-refractivity contribution in [3.05, 3.63) is 51.9 Å². The van der Waals surface area contributed by atoms with Crippen LogP contribution in [0.25, 0.3) is 11.1 Å². The smallest absolute Gasteiger partial charge is 0.253 e. The lowest BCUT2D eigenvalue weighted by atomic mass is 10.0. The van der Waals surface area contributed by atoms with E-state index in [0.29, 0.717) is 17.9 Å². The Morgan fingerprint density at radius 3 is 2.89 bits per heavy atom. The van der Waals surface area contributed by atoms with Crippen LogP contribution in [-0.2, 0) is 29.6 Å². The van der Waals surface area contributed by atoms with Crippen LogP contribution in [0.3, 0.4) is 0 Å². The van der Waals surface area contributed by atoms with Crippen molar-refractivity contribution < 1.29 is 18.2 Å². The first-order valence-electron chi connectivity index (χ1n) is 8.82. The van der Waals surface area contributed by atoms with Gasteiger partial charge in [-0.15, -0.1) is 0 Å². The second kappa shape index (κ2) is 8.79. The highest BCUT2D eigenvalue weighted by Gasteiger charge is 2.18. The van der Waals surface area contributed by atoms with Gasteiger partial charge in [0, 0.05) is 54.4 Å². The molecule has 0 spiro atoms. The van der Waals surface area contributed by atoms with E-state index in [1.54, 1.807) is 20.2 Å². The maximum Gasteiger partial charge on any atom is 0.253 e. The van der Waals surface area contributed by atoms with Crippen LogP contribution in [0, 0.1) is 6.92 Å². The van der Waals surface area contributed by atoms with E-state index in [0.717, 1.165) is 36.1 Å². The van der Waals surface area contributed by atoms with Gasteiger partial charge in [-0.3, -0.25) is 9.00 Å². The largest absolute Gasteiger partial charge is 0.760 e. The van der Waals surface area contributed by atoms with Crippen LogP contribution in [0.4, 0.5) is 0 Å². The third-order valence-corrected chi connectivity index (χ3v) is 4.90. The van der Waals surface area contributed by atoms with E-state index in [9.17, 15) is 13.6 Å². The Morgan fingerprint density at radius 2 is 2.22 bits per heavy atom. The van der Waals surface area contributed by atoms with Gasteiger partial charge in [-0.2, -0.15) is 0 Å². The van der Waals surface area contributed by atoms with E-state index in [1.165, 1.54) is 4.57 Å². The second-order valence-corrected chi connectivity index (χ2v) is 7.43. The van der Waals surface area contributed by atoms with Crippen LogP contribution in [0.1, 0.15) is 24.0 Å². The number of aromatic nitrogens is 1. The molecule has 2 heterocycles. The molecule has 27 heavy (non-hydrogen) atoms. The number of nitrogens with zero attached hydrogens (tertiary/aromatic N) is 1. The zero-order chi connectivity index (χ0) is 19.4. The second-order valence-electron chi connectivity index (χ2n) is 6.67. The van der Waals surface area contributed by atoms with E-state index in [1.807, 2.05) is 24.3 Å². The van der Waals surface area contributed by atoms with E-state index >= 15 is 0 Å². The van der Waals surface area contributed by atoms with Crippen LogP contribution in [0.2, 0.25) is 0 Å². The number of rotatable bonds is 6. The monoisotopic (exact) mass is 391 g/mol. The Morgan fingerprint density at radius 1 is 1.41 bits per heavy atom. The highest BCUT2D eigenvalue weighted by atomic mass is 32.2. The first-order valence-corrected chi connectivity index (χ1v) is 9.89. The number of nitrogens with one attached hydrogen (secondary N) is 1. The first-order chi connectivity index (χ1) is 12.9. The Hall–Kier alpha value is -2.00. The van der Waals surface area contributed by atoms with Gasteiger partial charge in [-0.1, -0.05) is 6.07 Å². The molecule has 1 N–H and O–H groups in total. The van der Waals surface area contributed by atoms with Crippen molar-refractivity contribution in [3.8, 4) is 16.9 Å². The van der Waals surface area contributed by atoms with Gasteiger partial charge >= 0.3 is 0 Å². The molecule has 1 aromatic heterocycles. The summed E-state index contributed by atoms with van der Waals surface area (Å²) < 4.78 is 37.2. The molecule has 2 atom stereocenters. The van der Waals surface area contributed by atoms with Crippen molar-refractivity contribution in [2.45, 2.75) is 32.4 Å². The molecule has 0 aliphatic carbocycles. The van der Waals surface area contributed by atoms with Crippen molar-refractivity contribution in [2.24, 2.45) is 7.05 Å². The predicted octanol–water partition coefficient (Wildman–Crippen LogP) is 1.80. The lowest BCUT2D eigenvalue weighted by Crippen LogP contribution is -2.28. The average molecular weight is 391 g/mol. The summed E-state index contributed by atoms with van der Waals surface area (Å²) in [6.07, 6.45) is 3.61. The SMILES string of the molecule is Cc1cc(-c2cc(CNS(=O)[O-])ccc2OC2CCCOC2)cn(C)c1=O. The number of pyridine rings is 1. The van der Waals surface area contributed by atoms with E-state index in [-0.39, 0.29) is 18.2 Å². The minimum atomic E-state index is -2.33. The summed E-state index contributed by atoms with van der Waals surface area (Å²) in [6, 6.07) is 7.38. The molecule has 0 amide bonds. The molecule has 0 radical (unpaired) electrons. The average Bonchev–Trinajstić information content (AvgIpc) is 2.65. The van der Waals surface area contributed by atoms with Crippen LogP contribution in [-0.4, -0.2) is 32.6 Å². The molecular formula is C19H23N2O5S-. The van der Waals surface area contributed by atoms with Crippen molar-refractivity contribution in [3.63, 3.8) is 0 Å². The molecule has 8 heteroatoms.